The summed E-state index contributed by atoms with van der Waals surface area (Å²) < 4.78 is 5.78. The van der Waals surface area contributed by atoms with E-state index in [1.807, 2.05) is 24.3 Å². The zero-order valence-electron chi connectivity index (χ0n) is 19.0. The third-order valence-corrected chi connectivity index (χ3v) is 6.21. The molecule has 0 bridgehead atoms. The van der Waals surface area contributed by atoms with Gasteiger partial charge in [-0.1, -0.05) is 56.4 Å². The van der Waals surface area contributed by atoms with E-state index in [9.17, 15) is 14.4 Å². The minimum Gasteiger partial charge on any atom is -0.468 e. The van der Waals surface area contributed by atoms with E-state index >= 15 is 0 Å². The second kappa shape index (κ2) is 11.4. The highest BCUT2D eigenvalue weighted by Crippen LogP contribution is 2.27. The molecular formula is C26H30N4O4. The quantitative estimate of drug-likeness (QED) is 0.392. The van der Waals surface area contributed by atoms with Gasteiger partial charge in [0.05, 0.1) is 0 Å². The lowest BCUT2D eigenvalue weighted by Crippen LogP contribution is -2.72. The first kappa shape index (κ1) is 23.5. The Balaban J connectivity index is 1.39. The van der Waals surface area contributed by atoms with E-state index in [-0.39, 0.29) is 17.7 Å². The monoisotopic (exact) mass is 462 g/mol. The molecule has 0 spiro atoms. The van der Waals surface area contributed by atoms with Crippen molar-refractivity contribution in [3.05, 3.63) is 66.5 Å². The normalized spacial score (nSPS) is 21.2. The number of pyridine rings is 1. The SMILES string of the molecule is O=C(/C=C/c1cccnc1)N[C@@H](CC1CCCCC1)C(=O)N[C@@H]1C(=O)N[C@H]1Oc1ccccc1. The van der Waals surface area contributed by atoms with Crippen LogP contribution in [0.5, 0.6) is 5.75 Å². The average molecular weight is 463 g/mol. The summed E-state index contributed by atoms with van der Waals surface area (Å²) >= 11 is 0. The van der Waals surface area contributed by atoms with Crippen molar-refractivity contribution in [1.82, 2.24) is 20.9 Å². The van der Waals surface area contributed by atoms with E-state index < -0.39 is 18.3 Å². The van der Waals surface area contributed by atoms with E-state index in [1.54, 1.807) is 36.7 Å². The van der Waals surface area contributed by atoms with Gasteiger partial charge in [0.1, 0.15) is 11.8 Å². The maximum Gasteiger partial charge on any atom is 0.251 e. The predicted molar refractivity (Wildman–Crippen MR) is 127 cm³/mol. The van der Waals surface area contributed by atoms with Crippen molar-refractivity contribution in [1.29, 1.82) is 0 Å². The molecule has 2 fully saturated rings. The number of carbonyl (C=O) groups excluding carboxylic acids is 3. The van der Waals surface area contributed by atoms with Gasteiger partial charge in [0.15, 0.2) is 6.04 Å². The molecular weight excluding hydrogens is 432 g/mol. The molecule has 2 aliphatic rings. The summed E-state index contributed by atoms with van der Waals surface area (Å²) in [5.41, 5.74) is 0.790. The molecule has 1 saturated carbocycles. The molecule has 1 aliphatic carbocycles. The van der Waals surface area contributed by atoms with Gasteiger partial charge in [-0.15, -0.1) is 0 Å². The lowest BCUT2D eigenvalue weighted by Gasteiger charge is -2.37. The Labute approximate surface area is 199 Å². The summed E-state index contributed by atoms with van der Waals surface area (Å²) in [6.07, 6.45) is 11.8. The van der Waals surface area contributed by atoms with Gasteiger partial charge >= 0.3 is 0 Å². The number of hydrogen-bond acceptors (Lipinski definition) is 5. The summed E-state index contributed by atoms with van der Waals surface area (Å²) in [6, 6.07) is 11.2. The molecule has 178 valence electrons. The summed E-state index contributed by atoms with van der Waals surface area (Å²) in [5.74, 6) is -0.100. The fourth-order valence-electron chi connectivity index (χ4n) is 4.35. The number of carbonyl (C=O) groups is 3. The van der Waals surface area contributed by atoms with Gasteiger partial charge in [-0.25, -0.2) is 0 Å². The maximum absolute atomic E-state index is 13.2. The van der Waals surface area contributed by atoms with Crippen molar-refractivity contribution in [3.8, 4) is 5.75 Å². The lowest BCUT2D eigenvalue weighted by molar-refractivity contribution is -0.144. The third kappa shape index (κ3) is 6.43. The number of aromatic nitrogens is 1. The first-order chi connectivity index (χ1) is 16.6. The standard InChI is InChI=1S/C26H30N4O4/c31-22(14-13-19-10-7-15-27-17-19)28-21(16-18-8-3-1-4-9-18)24(32)29-23-25(33)30-26(23)34-20-11-5-2-6-12-20/h2,5-7,10-15,17-18,21,23,26H,1,3-4,8-9,16H2,(H,28,31)(H,29,32)(H,30,33)/b14-13+/t21-,23+,26-/m0/s1. The molecule has 3 amide bonds. The molecule has 2 heterocycles. The molecule has 1 aromatic carbocycles. The number of ether oxygens (including phenoxy) is 1. The van der Waals surface area contributed by atoms with Crippen LogP contribution >= 0.6 is 0 Å². The highest BCUT2D eigenvalue weighted by Gasteiger charge is 2.43. The van der Waals surface area contributed by atoms with Crippen LogP contribution < -0.4 is 20.7 Å². The fraction of sp³-hybridized carbons (Fsp3) is 0.385. The number of nitrogens with one attached hydrogen (secondary N) is 3. The molecule has 3 N–H and O–H groups in total. The molecule has 8 nitrogen and oxygen atoms in total. The number of para-hydroxylation sites is 1. The minimum atomic E-state index is -0.815. The Kier molecular flexibility index (Phi) is 7.91. The summed E-state index contributed by atoms with van der Waals surface area (Å²) in [5, 5.41) is 8.28. The first-order valence-electron chi connectivity index (χ1n) is 11.8. The van der Waals surface area contributed by atoms with E-state index in [0.29, 0.717) is 18.1 Å². The van der Waals surface area contributed by atoms with E-state index in [1.165, 1.54) is 12.5 Å². The maximum atomic E-state index is 13.2. The molecule has 8 heteroatoms. The number of amides is 3. The fourth-order valence-corrected chi connectivity index (χ4v) is 4.35. The third-order valence-electron chi connectivity index (χ3n) is 6.21. The minimum absolute atomic E-state index is 0.312. The lowest BCUT2D eigenvalue weighted by atomic mass is 9.84. The second-order valence-electron chi connectivity index (χ2n) is 8.77. The number of hydrogen-bond donors (Lipinski definition) is 3. The molecule has 0 unspecified atom stereocenters. The average Bonchev–Trinajstić information content (AvgIpc) is 2.87. The van der Waals surface area contributed by atoms with E-state index in [2.05, 4.69) is 20.9 Å². The van der Waals surface area contributed by atoms with Crippen molar-refractivity contribution in [3.63, 3.8) is 0 Å². The van der Waals surface area contributed by atoms with Crippen LogP contribution in [0.4, 0.5) is 0 Å². The zero-order valence-corrected chi connectivity index (χ0v) is 19.0. The Bertz CT molecular complexity index is 1010. The smallest absolute Gasteiger partial charge is 0.251 e. The van der Waals surface area contributed by atoms with E-state index in [4.69, 9.17) is 4.74 Å². The molecule has 0 radical (unpaired) electrons. The van der Waals surface area contributed by atoms with Gasteiger partial charge in [0.2, 0.25) is 18.0 Å². The van der Waals surface area contributed by atoms with Crippen molar-refractivity contribution >= 4 is 23.8 Å². The van der Waals surface area contributed by atoms with Crippen LogP contribution in [-0.2, 0) is 14.4 Å². The topological polar surface area (TPSA) is 109 Å². The highest BCUT2D eigenvalue weighted by molar-refractivity contribution is 5.98. The zero-order chi connectivity index (χ0) is 23.8. The number of nitrogens with zero attached hydrogens (tertiary/aromatic N) is 1. The molecule has 1 aliphatic heterocycles. The summed E-state index contributed by atoms with van der Waals surface area (Å²) in [6.45, 7) is 0. The molecule has 34 heavy (non-hydrogen) atoms. The van der Waals surface area contributed by atoms with Crippen LogP contribution in [0.2, 0.25) is 0 Å². The Morgan fingerprint density at radius 2 is 1.91 bits per heavy atom. The van der Waals surface area contributed by atoms with Crippen LogP contribution in [0.1, 0.15) is 44.1 Å². The molecule has 1 saturated heterocycles. The van der Waals surface area contributed by atoms with Gasteiger partial charge in [0.25, 0.3) is 5.91 Å². The van der Waals surface area contributed by atoms with Crippen LogP contribution in [-0.4, -0.2) is 41.0 Å². The van der Waals surface area contributed by atoms with Crippen LogP contribution in [0, 0.1) is 5.92 Å². The van der Waals surface area contributed by atoms with Gasteiger partial charge in [-0.3, -0.25) is 19.4 Å². The van der Waals surface area contributed by atoms with Crippen molar-refractivity contribution in [2.24, 2.45) is 5.92 Å². The van der Waals surface area contributed by atoms with Gasteiger partial charge in [-0.2, -0.15) is 0 Å². The largest absolute Gasteiger partial charge is 0.468 e. The molecule has 4 rings (SSSR count). The number of β-lactam (4-membered cyclic amide) rings is 1. The molecule has 1 aromatic heterocycles. The van der Waals surface area contributed by atoms with Crippen molar-refractivity contribution < 1.29 is 19.1 Å². The van der Waals surface area contributed by atoms with Crippen LogP contribution in [0.25, 0.3) is 6.08 Å². The molecule has 2 aromatic rings. The van der Waals surface area contributed by atoms with Crippen molar-refractivity contribution in [2.45, 2.75) is 56.8 Å². The Morgan fingerprint density at radius 1 is 1.12 bits per heavy atom. The highest BCUT2D eigenvalue weighted by atomic mass is 16.5. The summed E-state index contributed by atoms with van der Waals surface area (Å²) in [4.78, 5) is 42.0. The van der Waals surface area contributed by atoms with E-state index in [0.717, 1.165) is 31.2 Å². The number of rotatable bonds is 9. The van der Waals surface area contributed by atoms with Crippen LogP contribution in [0.15, 0.2) is 60.9 Å². The van der Waals surface area contributed by atoms with Crippen molar-refractivity contribution in [2.75, 3.05) is 0 Å². The van der Waals surface area contributed by atoms with Crippen LogP contribution in [0.3, 0.4) is 0 Å². The predicted octanol–water partition coefficient (Wildman–Crippen LogP) is 2.57. The van der Waals surface area contributed by atoms with Gasteiger partial charge < -0.3 is 20.7 Å². The second-order valence-corrected chi connectivity index (χ2v) is 8.77. The van der Waals surface area contributed by atoms with Gasteiger partial charge in [-0.05, 0) is 42.2 Å². The first-order valence-corrected chi connectivity index (χ1v) is 11.8. The number of benzene rings is 1. The molecule has 3 atom stereocenters. The Morgan fingerprint density at radius 3 is 2.62 bits per heavy atom. The van der Waals surface area contributed by atoms with Gasteiger partial charge in [0, 0.05) is 18.5 Å². The Hall–Kier alpha value is -3.68. The summed E-state index contributed by atoms with van der Waals surface area (Å²) in [7, 11) is 0.